The number of fused-ring (bicyclic) bond motifs is 1. The van der Waals surface area contributed by atoms with Crippen LogP contribution in [-0.4, -0.2) is 39.8 Å². The molecule has 2 aromatic rings. The Labute approximate surface area is 129 Å². The highest BCUT2D eigenvalue weighted by Crippen LogP contribution is 2.30. The van der Waals surface area contributed by atoms with Crippen molar-refractivity contribution in [3.8, 4) is 0 Å². The third kappa shape index (κ3) is 2.26. The molecule has 116 valence electrons. The fourth-order valence-electron chi connectivity index (χ4n) is 2.61. The van der Waals surface area contributed by atoms with Gasteiger partial charge >= 0.3 is 5.97 Å². The molecule has 23 heavy (non-hydrogen) atoms. The summed E-state index contributed by atoms with van der Waals surface area (Å²) in [5, 5.41) is 18.5. The van der Waals surface area contributed by atoms with Crippen molar-refractivity contribution in [1.29, 1.82) is 0 Å². The Morgan fingerprint density at radius 1 is 1.48 bits per heavy atom. The molecule has 1 atom stereocenters. The van der Waals surface area contributed by atoms with Crippen LogP contribution < -0.4 is 10.8 Å². The summed E-state index contributed by atoms with van der Waals surface area (Å²) in [6.45, 7) is 1.32. The lowest BCUT2D eigenvalue weighted by atomic mass is 9.84. The summed E-state index contributed by atoms with van der Waals surface area (Å²) in [7, 11) is 5.54. The van der Waals surface area contributed by atoms with Crippen LogP contribution >= 0.6 is 0 Å². The third-order valence-electron chi connectivity index (χ3n) is 3.65. The maximum absolute atomic E-state index is 14.1. The minimum absolute atomic E-state index is 0.00927. The predicted octanol–water partition coefficient (Wildman–Crippen LogP) is -0.293. The van der Waals surface area contributed by atoms with Crippen LogP contribution in [0.4, 0.5) is 8.78 Å². The number of carboxylic acids is 1. The summed E-state index contributed by atoms with van der Waals surface area (Å²) in [4.78, 5) is 23.3. The van der Waals surface area contributed by atoms with Gasteiger partial charge in [0.2, 0.25) is 5.69 Å². The van der Waals surface area contributed by atoms with Gasteiger partial charge in [-0.3, -0.25) is 4.79 Å². The number of carboxylic acid groups (broad SMARTS) is 1. The second kappa shape index (κ2) is 4.87. The Balaban J connectivity index is 2.12. The average molecular weight is 318 g/mol. The van der Waals surface area contributed by atoms with E-state index in [0.29, 0.717) is 0 Å². The standard InChI is InChI=1S/C13H9BF2N4O3/c1-13(6-2-5(14)3-7(15)8(6)16)4-20-10(11(21)17-13)9(12(22)23)18-19-20/h2-3H,4H2,1H3,(H,17,21)(H,22,23). The van der Waals surface area contributed by atoms with Gasteiger partial charge in [0, 0.05) is 5.56 Å². The monoisotopic (exact) mass is 318 g/mol. The Morgan fingerprint density at radius 2 is 2.17 bits per heavy atom. The van der Waals surface area contributed by atoms with Gasteiger partial charge in [-0.15, -0.1) is 5.10 Å². The lowest BCUT2D eigenvalue weighted by molar-refractivity contribution is 0.0678. The second-order valence-corrected chi connectivity index (χ2v) is 5.40. The molecule has 1 amide bonds. The van der Waals surface area contributed by atoms with Crippen molar-refractivity contribution in [2.24, 2.45) is 0 Å². The Kier molecular flexibility index (Phi) is 3.20. The molecule has 0 bridgehead atoms. The molecule has 7 nitrogen and oxygen atoms in total. The van der Waals surface area contributed by atoms with E-state index in [-0.39, 0.29) is 23.3 Å². The van der Waals surface area contributed by atoms with Crippen LogP contribution in [0, 0.1) is 11.6 Å². The smallest absolute Gasteiger partial charge is 0.358 e. The summed E-state index contributed by atoms with van der Waals surface area (Å²) >= 11 is 0. The molecular formula is C13H9BF2N4O3. The Hall–Kier alpha value is -2.78. The van der Waals surface area contributed by atoms with E-state index in [1.54, 1.807) is 0 Å². The Bertz CT molecular complexity index is 854. The first-order chi connectivity index (χ1) is 10.7. The molecule has 3 rings (SSSR count). The van der Waals surface area contributed by atoms with Crippen molar-refractivity contribution >= 4 is 25.2 Å². The van der Waals surface area contributed by atoms with Crippen LogP contribution in [0.3, 0.4) is 0 Å². The fraction of sp³-hybridized carbons (Fsp3) is 0.231. The predicted molar refractivity (Wildman–Crippen MR) is 73.5 cm³/mol. The van der Waals surface area contributed by atoms with Crippen molar-refractivity contribution in [3.05, 3.63) is 40.7 Å². The van der Waals surface area contributed by atoms with Gasteiger partial charge in [0.1, 0.15) is 7.85 Å². The number of nitrogens with zero attached hydrogens (tertiary/aromatic N) is 3. The summed E-state index contributed by atoms with van der Waals surface area (Å²) in [6, 6.07) is 2.04. The molecule has 0 saturated carbocycles. The van der Waals surface area contributed by atoms with Gasteiger partial charge < -0.3 is 10.4 Å². The summed E-state index contributed by atoms with van der Waals surface area (Å²) < 4.78 is 28.8. The number of hydrogen-bond acceptors (Lipinski definition) is 4. The third-order valence-corrected chi connectivity index (χ3v) is 3.65. The minimum Gasteiger partial charge on any atom is -0.476 e. The summed E-state index contributed by atoms with van der Waals surface area (Å²) in [5.41, 5.74) is -2.30. The molecular weight excluding hydrogens is 309 g/mol. The van der Waals surface area contributed by atoms with Crippen LogP contribution in [0.2, 0.25) is 0 Å². The number of nitrogens with one attached hydrogen (secondary N) is 1. The Morgan fingerprint density at radius 3 is 2.83 bits per heavy atom. The van der Waals surface area contributed by atoms with Gasteiger partial charge in [-0.25, -0.2) is 18.3 Å². The van der Waals surface area contributed by atoms with Gasteiger partial charge in [0.05, 0.1) is 12.1 Å². The largest absolute Gasteiger partial charge is 0.476 e. The van der Waals surface area contributed by atoms with E-state index in [4.69, 9.17) is 13.0 Å². The van der Waals surface area contributed by atoms with Crippen LogP contribution in [0.1, 0.15) is 33.5 Å². The van der Waals surface area contributed by atoms with Gasteiger partial charge in [0.25, 0.3) is 5.91 Å². The van der Waals surface area contributed by atoms with E-state index in [2.05, 4.69) is 15.6 Å². The number of amides is 1. The quantitative estimate of drug-likeness (QED) is 0.742. The molecule has 0 fully saturated rings. The number of aromatic nitrogens is 3. The molecule has 2 N–H and O–H groups in total. The highest BCUT2D eigenvalue weighted by Gasteiger charge is 2.41. The molecule has 10 heteroatoms. The average Bonchev–Trinajstić information content (AvgIpc) is 2.86. The maximum atomic E-state index is 14.1. The minimum atomic E-state index is -1.41. The zero-order valence-electron chi connectivity index (χ0n) is 11.8. The first kappa shape index (κ1) is 15.1. The molecule has 0 saturated heterocycles. The number of halogens is 2. The van der Waals surface area contributed by atoms with Gasteiger partial charge in [-0.05, 0) is 13.0 Å². The second-order valence-electron chi connectivity index (χ2n) is 5.40. The summed E-state index contributed by atoms with van der Waals surface area (Å²) in [5.74, 6) is -4.51. The molecule has 1 aliphatic rings. The molecule has 1 aliphatic heterocycles. The lowest BCUT2D eigenvalue weighted by Gasteiger charge is -2.35. The number of aromatic carboxylic acids is 1. The van der Waals surface area contributed by atoms with Crippen LogP contribution in [-0.2, 0) is 12.1 Å². The lowest BCUT2D eigenvalue weighted by Crippen LogP contribution is -2.52. The van der Waals surface area contributed by atoms with Crippen molar-refractivity contribution in [2.45, 2.75) is 19.0 Å². The normalized spacial score (nSPS) is 20.0. The molecule has 0 spiro atoms. The molecule has 2 radical (unpaired) electrons. The topological polar surface area (TPSA) is 97.1 Å². The molecule has 2 heterocycles. The molecule has 1 unspecified atom stereocenters. The van der Waals surface area contributed by atoms with Gasteiger partial charge in [0.15, 0.2) is 17.3 Å². The molecule has 1 aromatic carbocycles. The highest BCUT2D eigenvalue weighted by atomic mass is 19.2. The summed E-state index contributed by atoms with van der Waals surface area (Å²) in [6.07, 6.45) is 0. The number of carbonyl (C=O) groups is 2. The van der Waals surface area contributed by atoms with Crippen LogP contribution in [0.5, 0.6) is 0 Å². The first-order valence-corrected chi connectivity index (χ1v) is 6.47. The van der Waals surface area contributed by atoms with E-state index in [1.807, 2.05) is 0 Å². The van der Waals surface area contributed by atoms with Crippen LogP contribution in [0.25, 0.3) is 0 Å². The van der Waals surface area contributed by atoms with Crippen molar-refractivity contribution < 1.29 is 23.5 Å². The molecule has 0 aliphatic carbocycles. The number of benzene rings is 1. The van der Waals surface area contributed by atoms with Gasteiger partial charge in [-0.1, -0.05) is 16.7 Å². The zero-order valence-corrected chi connectivity index (χ0v) is 11.8. The van der Waals surface area contributed by atoms with E-state index >= 15 is 0 Å². The van der Waals surface area contributed by atoms with E-state index in [9.17, 15) is 18.4 Å². The van der Waals surface area contributed by atoms with Gasteiger partial charge in [-0.2, -0.15) is 0 Å². The van der Waals surface area contributed by atoms with Crippen molar-refractivity contribution in [2.75, 3.05) is 0 Å². The number of rotatable bonds is 2. The van der Waals surface area contributed by atoms with E-state index < -0.39 is 34.7 Å². The van der Waals surface area contributed by atoms with E-state index in [0.717, 1.165) is 10.7 Å². The first-order valence-electron chi connectivity index (χ1n) is 6.47. The van der Waals surface area contributed by atoms with Crippen molar-refractivity contribution in [3.63, 3.8) is 0 Å². The number of hydrogen-bond donors (Lipinski definition) is 2. The fourth-order valence-corrected chi connectivity index (χ4v) is 2.61. The SMILES string of the molecule is [B]c1cc(F)c(F)c(C2(C)Cn3nnc(C(=O)O)c3C(=O)N2)c1. The van der Waals surface area contributed by atoms with Crippen molar-refractivity contribution in [1.82, 2.24) is 20.3 Å². The number of carbonyl (C=O) groups excluding carboxylic acids is 1. The van der Waals surface area contributed by atoms with E-state index in [1.165, 1.54) is 13.0 Å². The van der Waals surface area contributed by atoms with Crippen LogP contribution in [0.15, 0.2) is 12.1 Å². The highest BCUT2D eigenvalue weighted by molar-refractivity contribution is 6.32. The molecule has 1 aromatic heterocycles. The zero-order chi connectivity index (χ0) is 16.9. The maximum Gasteiger partial charge on any atom is 0.358 e.